The Balaban J connectivity index is 2.17. The van der Waals surface area contributed by atoms with Crippen molar-refractivity contribution in [3.8, 4) is 0 Å². The Hall–Kier alpha value is -1.33. The molecule has 2 rings (SSSR count). The van der Waals surface area contributed by atoms with E-state index in [0.717, 1.165) is 12.4 Å². The smallest absolute Gasteiger partial charge is 0.300 e. The van der Waals surface area contributed by atoms with Gasteiger partial charge in [0, 0.05) is 19.0 Å². The fraction of sp³-hybridized carbons (Fsp3) is 0.556. The van der Waals surface area contributed by atoms with E-state index in [4.69, 9.17) is 0 Å². The van der Waals surface area contributed by atoms with Gasteiger partial charge in [0.1, 0.15) is 5.78 Å². The number of halogens is 3. The van der Waals surface area contributed by atoms with Gasteiger partial charge in [-0.3, -0.25) is 9.48 Å². The van der Waals surface area contributed by atoms with Gasteiger partial charge in [0.25, 0.3) is 0 Å². The van der Waals surface area contributed by atoms with Crippen LogP contribution in [0.2, 0.25) is 0 Å². The fourth-order valence-corrected chi connectivity index (χ4v) is 1.70. The summed E-state index contributed by atoms with van der Waals surface area (Å²) in [6.45, 7) is 0. The Morgan fingerprint density at radius 3 is 2.67 bits per heavy atom. The van der Waals surface area contributed by atoms with Crippen molar-refractivity contribution in [2.45, 2.75) is 31.5 Å². The topological polar surface area (TPSA) is 34.9 Å². The van der Waals surface area contributed by atoms with Crippen LogP contribution < -0.4 is 0 Å². The molecule has 0 amide bonds. The van der Waals surface area contributed by atoms with Gasteiger partial charge in [-0.15, -0.1) is 0 Å². The second-order valence-corrected chi connectivity index (χ2v) is 3.64. The molecule has 1 aliphatic rings. The van der Waals surface area contributed by atoms with Crippen molar-refractivity contribution in [3.05, 3.63) is 18.0 Å². The SMILES string of the molecule is O=C1CCC(n2cc(C(F)(F)F)cn2)C1. The molecule has 0 N–H and O–H groups in total. The molecule has 3 nitrogen and oxygen atoms in total. The number of hydrogen-bond donors (Lipinski definition) is 0. The van der Waals surface area contributed by atoms with E-state index in [1.54, 1.807) is 0 Å². The van der Waals surface area contributed by atoms with Crippen LogP contribution in [0, 0.1) is 0 Å². The van der Waals surface area contributed by atoms with Gasteiger partial charge in [0.05, 0.1) is 17.8 Å². The van der Waals surface area contributed by atoms with E-state index in [1.165, 1.54) is 4.68 Å². The molecule has 1 fully saturated rings. The highest BCUT2D eigenvalue weighted by atomic mass is 19.4. The van der Waals surface area contributed by atoms with Crippen LogP contribution in [0.5, 0.6) is 0 Å². The third-order valence-electron chi connectivity index (χ3n) is 2.52. The van der Waals surface area contributed by atoms with Crippen molar-refractivity contribution in [1.82, 2.24) is 9.78 Å². The molecule has 1 heterocycles. The van der Waals surface area contributed by atoms with Crippen LogP contribution in [0.25, 0.3) is 0 Å². The number of rotatable bonds is 1. The molecule has 1 aliphatic carbocycles. The van der Waals surface area contributed by atoms with Crippen molar-refractivity contribution in [2.24, 2.45) is 0 Å². The molecular weight excluding hydrogens is 209 g/mol. The van der Waals surface area contributed by atoms with Crippen molar-refractivity contribution in [3.63, 3.8) is 0 Å². The monoisotopic (exact) mass is 218 g/mol. The predicted molar refractivity (Wildman–Crippen MR) is 45.1 cm³/mol. The highest BCUT2D eigenvalue weighted by Gasteiger charge is 2.33. The van der Waals surface area contributed by atoms with E-state index in [1.807, 2.05) is 0 Å². The van der Waals surface area contributed by atoms with Crippen LogP contribution in [0.3, 0.4) is 0 Å². The highest BCUT2D eigenvalue weighted by Crippen LogP contribution is 2.31. The molecule has 0 saturated heterocycles. The van der Waals surface area contributed by atoms with Crippen LogP contribution in [0.15, 0.2) is 12.4 Å². The molecule has 1 aromatic rings. The lowest BCUT2D eigenvalue weighted by Crippen LogP contribution is -2.07. The summed E-state index contributed by atoms with van der Waals surface area (Å²) in [5.41, 5.74) is -0.762. The maximum atomic E-state index is 12.2. The molecule has 82 valence electrons. The van der Waals surface area contributed by atoms with Crippen LogP contribution in [0.1, 0.15) is 30.9 Å². The standard InChI is InChI=1S/C9H9F3N2O/c10-9(11,12)6-4-13-14(5-6)7-1-2-8(15)3-7/h4-5,7H,1-3H2. The zero-order valence-electron chi connectivity index (χ0n) is 7.79. The average Bonchev–Trinajstić information content (AvgIpc) is 2.69. The summed E-state index contributed by atoms with van der Waals surface area (Å²) in [7, 11) is 0. The van der Waals surface area contributed by atoms with Gasteiger partial charge < -0.3 is 0 Å². The van der Waals surface area contributed by atoms with E-state index < -0.39 is 11.7 Å². The number of alkyl halides is 3. The lowest BCUT2D eigenvalue weighted by atomic mass is 10.2. The summed E-state index contributed by atoms with van der Waals surface area (Å²) in [6, 6.07) is -0.200. The Bertz CT molecular complexity index is 383. The van der Waals surface area contributed by atoms with Crippen molar-refractivity contribution < 1.29 is 18.0 Å². The summed E-state index contributed by atoms with van der Waals surface area (Å²) >= 11 is 0. The second kappa shape index (κ2) is 3.36. The van der Waals surface area contributed by atoms with E-state index in [2.05, 4.69) is 5.10 Å². The summed E-state index contributed by atoms with van der Waals surface area (Å²) in [4.78, 5) is 11.0. The molecule has 15 heavy (non-hydrogen) atoms. The van der Waals surface area contributed by atoms with Crippen LogP contribution in [0.4, 0.5) is 13.2 Å². The molecule has 0 aromatic carbocycles. The summed E-state index contributed by atoms with van der Waals surface area (Å²) in [5.74, 6) is 0.0871. The normalized spacial score (nSPS) is 22.3. The van der Waals surface area contributed by atoms with E-state index in [-0.39, 0.29) is 11.8 Å². The minimum Gasteiger partial charge on any atom is -0.300 e. The van der Waals surface area contributed by atoms with Crippen molar-refractivity contribution in [1.29, 1.82) is 0 Å². The largest absolute Gasteiger partial charge is 0.419 e. The lowest BCUT2D eigenvalue weighted by molar-refractivity contribution is -0.137. The number of ketones is 1. The number of carbonyl (C=O) groups excluding carboxylic acids is 1. The number of hydrogen-bond acceptors (Lipinski definition) is 2. The number of nitrogens with zero attached hydrogens (tertiary/aromatic N) is 2. The lowest BCUT2D eigenvalue weighted by Gasteiger charge is -2.07. The van der Waals surface area contributed by atoms with Gasteiger partial charge in [-0.05, 0) is 6.42 Å². The van der Waals surface area contributed by atoms with Gasteiger partial charge in [0.2, 0.25) is 0 Å². The van der Waals surface area contributed by atoms with Gasteiger partial charge in [-0.1, -0.05) is 0 Å². The molecule has 0 aliphatic heterocycles. The third kappa shape index (κ3) is 2.03. The van der Waals surface area contributed by atoms with Gasteiger partial charge in [-0.2, -0.15) is 18.3 Å². The molecule has 0 radical (unpaired) electrons. The van der Waals surface area contributed by atoms with E-state index in [0.29, 0.717) is 19.3 Å². The van der Waals surface area contributed by atoms with Gasteiger partial charge >= 0.3 is 6.18 Å². The van der Waals surface area contributed by atoms with Crippen LogP contribution >= 0.6 is 0 Å². The zero-order valence-corrected chi connectivity index (χ0v) is 7.79. The molecule has 1 aromatic heterocycles. The minimum atomic E-state index is -4.36. The first-order valence-corrected chi connectivity index (χ1v) is 4.60. The first kappa shape index (κ1) is 10.2. The molecule has 1 saturated carbocycles. The van der Waals surface area contributed by atoms with Gasteiger partial charge in [-0.25, -0.2) is 0 Å². The molecule has 0 spiro atoms. The van der Waals surface area contributed by atoms with E-state index in [9.17, 15) is 18.0 Å². The zero-order chi connectivity index (χ0) is 11.1. The number of Topliss-reactive ketones (excluding diaryl/α,β-unsaturated/α-hetero) is 1. The van der Waals surface area contributed by atoms with Gasteiger partial charge in [0.15, 0.2) is 0 Å². The second-order valence-electron chi connectivity index (χ2n) is 3.64. The Labute approximate surface area is 83.9 Å². The average molecular weight is 218 g/mol. The van der Waals surface area contributed by atoms with E-state index >= 15 is 0 Å². The quantitative estimate of drug-likeness (QED) is 0.724. The van der Waals surface area contributed by atoms with Crippen molar-refractivity contribution >= 4 is 5.78 Å². The highest BCUT2D eigenvalue weighted by molar-refractivity contribution is 5.80. The number of carbonyl (C=O) groups is 1. The molecule has 0 bridgehead atoms. The minimum absolute atomic E-state index is 0.0871. The molecular formula is C9H9F3N2O. The third-order valence-corrected chi connectivity index (χ3v) is 2.52. The van der Waals surface area contributed by atoms with Crippen LogP contribution in [-0.4, -0.2) is 15.6 Å². The Kier molecular flexibility index (Phi) is 2.28. The molecule has 1 unspecified atom stereocenters. The first-order valence-electron chi connectivity index (χ1n) is 4.60. The van der Waals surface area contributed by atoms with Crippen molar-refractivity contribution in [2.75, 3.05) is 0 Å². The fourth-order valence-electron chi connectivity index (χ4n) is 1.70. The van der Waals surface area contributed by atoms with Crippen LogP contribution in [-0.2, 0) is 11.0 Å². The summed E-state index contributed by atoms with van der Waals surface area (Å²) in [5, 5.41) is 3.64. The Morgan fingerprint density at radius 1 is 1.47 bits per heavy atom. The maximum absolute atomic E-state index is 12.2. The Morgan fingerprint density at radius 2 is 2.20 bits per heavy atom. The summed E-state index contributed by atoms with van der Waals surface area (Å²) < 4.78 is 38.0. The summed E-state index contributed by atoms with van der Waals surface area (Å²) in [6.07, 6.45) is -1.30. The molecule has 1 atom stereocenters. The predicted octanol–water partition coefficient (Wildman–Crippen LogP) is 2.20. The first-order chi connectivity index (χ1) is 6.97. The maximum Gasteiger partial charge on any atom is 0.419 e. The molecule has 6 heteroatoms. The number of aromatic nitrogens is 2.